The van der Waals surface area contributed by atoms with E-state index in [0.29, 0.717) is 25.1 Å². The first-order valence-corrected chi connectivity index (χ1v) is 14.0. The van der Waals surface area contributed by atoms with Gasteiger partial charge in [0.25, 0.3) is 0 Å². The van der Waals surface area contributed by atoms with Crippen LogP contribution >= 0.6 is 0 Å². The van der Waals surface area contributed by atoms with Gasteiger partial charge in [-0.05, 0) is 53.5 Å². The summed E-state index contributed by atoms with van der Waals surface area (Å²) in [5.41, 5.74) is 3.01. The van der Waals surface area contributed by atoms with Crippen LogP contribution in [-0.4, -0.2) is 49.2 Å². The normalized spacial score (nSPS) is 16.9. The smallest absolute Gasteiger partial charge is 0.351 e. The van der Waals surface area contributed by atoms with Crippen molar-refractivity contribution in [2.75, 3.05) is 6.67 Å². The zero-order valence-electron chi connectivity index (χ0n) is 22.9. The molecule has 0 bridgehead atoms. The third-order valence-electron chi connectivity index (χ3n) is 7.84. The minimum Gasteiger partial charge on any atom is -0.351 e. The highest BCUT2D eigenvalue weighted by atomic mass is 19.4. The molecule has 0 atom stereocenters. The van der Waals surface area contributed by atoms with Crippen molar-refractivity contribution in [1.29, 1.82) is 0 Å². The molecule has 1 fully saturated rings. The molecule has 212 valence electrons. The van der Waals surface area contributed by atoms with Gasteiger partial charge in [0.1, 0.15) is 5.70 Å². The predicted octanol–water partition coefficient (Wildman–Crippen LogP) is 6.93. The second-order valence-corrected chi connectivity index (χ2v) is 11.1. The Labute approximate surface area is 232 Å². The Morgan fingerprint density at radius 3 is 2.35 bits per heavy atom. The highest BCUT2D eigenvalue weighted by molar-refractivity contribution is 5.82. The Morgan fingerprint density at radius 1 is 1.02 bits per heavy atom. The number of rotatable bonds is 8. The molecule has 0 saturated heterocycles. The van der Waals surface area contributed by atoms with Crippen molar-refractivity contribution in [3.8, 4) is 22.5 Å². The van der Waals surface area contributed by atoms with E-state index < -0.39 is 11.9 Å². The highest BCUT2D eigenvalue weighted by Gasteiger charge is 2.48. The highest BCUT2D eigenvalue weighted by Crippen LogP contribution is 2.42. The summed E-state index contributed by atoms with van der Waals surface area (Å²) >= 11 is 0. The summed E-state index contributed by atoms with van der Waals surface area (Å²) in [4.78, 5) is 16.2. The van der Waals surface area contributed by atoms with Crippen LogP contribution in [0.5, 0.6) is 0 Å². The molecule has 3 aromatic rings. The maximum atomic E-state index is 14.5. The Balaban J connectivity index is 1.42. The van der Waals surface area contributed by atoms with Crippen molar-refractivity contribution >= 4 is 5.91 Å². The number of carbonyl (C=O) groups excluding carboxylic acids is 1. The van der Waals surface area contributed by atoms with E-state index in [-0.39, 0.29) is 43.1 Å². The van der Waals surface area contributed by atoms with E-state index in [1.54, 1.807) is 4.90 Å². The lowest BCUT2D eigenvalue weighted by Crippen LogP contribution is -2.40. The van der Waals surface area contributed by atoms with Crippen LogP contribution in [0.4, 0.5) is 13.2 Å². The van der Waals surface area contributed by atoms with Gasteiger partial charge in [0.05, 0.1) is 6.67 Å². The lowest BCUT2D eigenvalue weighted by atomic mass is 9.88. The molecule has 0 spiro atoms. The van der Waals surface area contributed by atoms with Gasteiger partial charge in [-0.2, -0.15) is 18.4 Å². The molecule has 0 unspecified atom stereocenters. The van der Waals surface area contributed by atoms with Gasteiger partial charge in [0, 0.05) is 23.7 Å². The van der Waals surface area contributed by atoms with Gasteiger partial charge in [0.2, 0.25) is 11.7 Å². The molecule has 10 heteroatoms. The summed E-state index contributed by atoms with van der Waals surface area (Å²) < 4.78 is 43.6. The summed E-state index contributed by atoms with van der Waals surface area (Å²) in [5, 5.41) is 14.3. The number of aromatic amines is 1. The van der Waals surface area contributed by atoms with Crippen LogP contribution in [0.3, 0.4) is 0 Å². The van der Waals surface area contributed by atoms with Gasteiger partial charge in [-0.15, -0.1) is 10.2 Å². The number of allylic oxidation sites excluding steroid dienone is 2. The third-order valence-corrected chi connectivity index (χ3v) is 7.84. The van der Waals surface area contributed by atoms with Gasteiger partial charge in [-0.3, -0.25) is 9.69 Å². The number of amides is 1. The Bertz CT molecular complexity index is 1330. The molecular weight excluding hydrogens is 517 g/mol. The number of aromatic nitrogens is 4. The van der Waals surface area contributed by atoms with Gasteiger partial charge in [-0.1, -0.05) is 81.6 Å². The van der Waals surface area contributed by atoms with Gasteiger partial charge in [-0.25, -0.2) is 0 Å². The minimum absolute atomic E-state index is 0.0694. The maximum Gasteiger partial charge on any atom is 0.433 e. The summed E-state index contributed by atoms with van der Waals surface area (Å²) in [7, 11) is 0. The molecule has 2 aliphatic rings. The average molecular weight is 553 g/mol. The molecule has 5 rings (SSSR count). The van der Waals surface area contributed by atoms with Crippen molar-refractivity contribution < 1.29 is 18.0 Å². The number of carbonyl (C=O) groups is 1. The summed E-state index contributed by atoms with van der Waals surface area (Å²) in [6.45, 7) is 4.22. The maximum absolute atomic E-state index is 14.5. The van der Waals surface area contributed by atoms with Crippen LogP contribution in [0.1, 0.15) is 64.4 Å². The van der Waals surface area contributed by atoms with E-state index >= 15 is 0 Å². The van der Waals surface area contributed by atoms with Gasteiger partial charge < -0.3 is 4.90 Å². The first kappa shape index (κ1) is 27.9. The molecule has 1 N–H and O–H groups in total. The second-order valence-electron chi connectivity index (χ2n) is 11.1. The fraction of sp³-hybridized carbons (Fsp3) is 0.467. The number of hydrogen-bond donors (Lipinski definition) is 1. The van der Waals surface area contributed by atoms with Crippen LogP contribution < -0.4 is 0 Å². The number of alkyl halides is 3. The summed E-state index contributed by atoms with van der Waals surface area (Å²) in [5.74, 6) is 0.00511. The zero-order chi connectivity index (χ0) is 28.3. The molecule has 2 aromatic carbocycles. The summed E-state index contributed by atoms with van der Waals surface area (Å²) in [6, 6.07) is 15.5. The fourth-order valence-electron chi connectivity index (χ4n) is 5.76. The molecule has 2 heterocycles. The van der Waals surface area contributed by atoms with E-state index in [1.165, 1.54) is 0 Å². The first-order valence-electron chi connectivity index (χ1n) is 14.0. The minimum atomic E-state index is -4.60. The van der Waals surface area contributed by atoms with Crippen molar-refractivity contribution in [2.24, 2.45) is 11.8 Å². The second kappa shape index (κ2) is 11.8. The van der Waals surface area contributed by atoms with Crippen molar-refractivity contribution in [1.82, 2.24) is 30.4 Å². The Morgan fingerprint density at radius 2 is 1.73 bits per heavy atom. The first-order chi connectivity index (χ1) is 19.2. The van der Waals surface area contributed by atoms with Crippen LogP contribution in [0.2, 0.25) is 0 Å². The van der Waals surface area contributed by atoms with E-state index in [0.717, 1.165) is 46.4 Å². The number of halogens is 3. The number of nitrogens with zero attached hydrogens (tertiary/aromatic N) is 5. The predicted molar refractivity (Wildman–Crippen MR) is 146 cm³/mol. The number of H-pyrrole nitrogens is 1. The molecule has 1 aromatic heterocycles. The standard InChI is InChI=1S/C30H35F3N6O/c1-20(2)12-17-26-27(30(31,32)33)39(29(40)23-8-4-3-5-9-23)19-38(26)18-21-13-15-22(16-14-21)24-10-6-7-11-25(24)28-34-36-37-35-28/h6-7,10-11,13-16,20,23H,3-5,8-9,12,17-19H2,1-2H3,(H,34,35,36,37). The average Bonchev–Trinajstić information content (AvgIpc) is 3.61. The third kappa shape index (κ3) is 6.05. The quantitative estimate of drug-likeness (QED) is 0.328. The summed E-state index contributed by atoms with van der Waals surface area (Å²) in [6.07, 6.45) is 0.424. The monoisotopic (exact) mass is 552 g/mol. The zero-order valence-corrected chi connectivity index (χ0v) is 22.9. The molecule has 40 heavy (non-hydrogen) atoms. The SMILES string of the molecule is CC(C)CCC1=C(C(F)(F)F)N(C(=O)C2CCCCC2)CN1Cc1ccc(-c2ccccc2-c2nn[nH]n2)cc1. The largest absolute Gasteiger partial charge is 0.433 e. The number of nitrogens with one attached hydrogen (secondary N) is 1. The lowest BCUT2D eigenvalue weighted by Gasteiger charge is -2.29. The number of tetrazole rings is 1. The van der Waals surface area contributed by atoms with Crippen LogP contribution in [0.15, 0.2) is 59.9 Å². The van der Waals surface area contributed by atoms with E-state index in [1.807, 2.05) is 62.4 Å². The van der Waals surface area contributed by atoms with E-state index in [2.05, 4.69) is 20.6 Å². The van der Waals surface area contributed by atoms with Crippen molar-refractivity contribution in [2.45, 2.75) is 71.5 Å². The van der Waals surface area contributed by atoms with Crippen LogP contribution in [0.25, 0.3) is 22.5 Å². The molecule has 1 aliphatic carbocycles. The molecule has 1 amide bonds. The van der Waals surface area contributed by atoms with Gasteiger partial charge in [0.15, 0.2) is 0 Å². The lowest BCUT2D eigenvalue weighted by molar-refractivity contribution is -0.146. The van der Waals surface area contributed by atoms with E-state index in [9.17, 15) is 18.0 Å². The number of hydrogen-bond acceptors (Lipinski definition) is 5. The van der Waals surface area contributed by atoms with Gasteiger partial charge >= 0.3 is 6.18 Å². The number of benzene rings is 2. The topological polar surface area (TPSA) is 78.0 Å². The molecule has 1 saturated carbocycles. The molecule has 7 nitrogen and oxygen atoms in total. The Kier molecular flexibility index (Phi) is 8.23. The van der Waals surface area contributed by atoms with Crippen LogP contribution in [-0.2, 0) is 11.3 Å². The molecule has 0 radical (unpaired) electrons. The van der Waals surface area contributed by atoms with Crippen molar-refractivity contribution in [3.63, 3.8) is 0 Å². The fourth-order valence-corrected chi connectivity index (χ4v) is 5.76. The van der Waals surface area contributed by atoms with Crippen molar-refractivity contribution in [3.05, 3.63) is 65.5 Å². The Hall–Kier alpha value is -3.69. The van der Waals surface area contributed by atoms with E-state index in [4.69, 9.17) is 0 Å². The molecule has 1 aliphatic heterocycles. The molecular formula is C30H35F3N6O. The van der Waals surface area contributed by atoms with Crippen LogP contribution in [0, 0.1) is 11.8 Å².